The van der Waals surface area contributed by atoms with Crippen LogP contribution in [0.1, 0.15) is 24.1 Å². The van der Waals surface area contributed by atoms with Crippen LogP contribution in [0.5, 0.6) is 0 Å². The second-order valence-corrected chi connectivity index (χ2v) is 4.58. The summed E-state index contributed by atoms with van der Waals surface area (Å²) in [4.78, 5) is 22.4. The number of rotatable bonds is 6. The van der Waals surface area contributed by atoms with Gasteiger partial charge in [-0.1, -0.05) is 11.6 Å². The van der Waals surface area contributed by atoms with E-state index in [1.54, 1.807) is 17.8 Å². The highest BCUT2D eigenvalue weighted by Gasteiger charge is 2.08. The molecule has 110 valence electrons. The molecule has 1 N–H and O–H groups in total. The van der Waals surface area contributed by atoms with Crippen LogP contribution >= 0.6 is 11.6 Å². The Bertz CT molecular complexity index is 523. The third-order valence-electron chi connectivity index (χ3n) is 2.68. The molecule has 0 unspecified atom stereocenters. The number of carbonyl (C=O) groups excluding carboxylic acids is 2. The van der Waals surface area contributed by atoms with E-state index in [0.717, 1.165) is 11.3 Å². The molecule has 20 heavy (non-hydrogen) atoms. The van der Waals surface area contributed by atoms with Crippen LogP contribution in [0, 0.1) is 6.92 Å². The van der Waals surface area contributed by atoms with Gasteiger partial charge in [-0.15, -0.1) is 0 Å². The zero-order valence-electron chi connectivity index (χ0n) is 11.8. The molecule has 0 aliphatic carbocycles. The molecule has 1 rings (SSSR count). The van der Waals surface area contributed by atoms with E-state index < -0.39 is 0 Å². The summed E-state index contributed by atoms with van der Waals surface area (Å²) in [6.07, 6.45) is 3.85. The molecule has 1 amide bonds. The Morgan fingerprint density at radius 1 is 1.50 bits per heavy atom. The minimum absolute atomic E-state index is 0.241. The molecule has 6 nitrogen and oxygen atoms in total. The predicted octanol–water partition coefficient (Wildman–Crippen LogP) is 1.46. The molecule has 0 saturated carbocycles. The van der Waals surface area contributed by atoms with Gasteiger partial charge in [0.2, 0.25) is 5.91 Å². The van der Waals surface area contributed by atoms with Crippen LogP contribution in [0.25, 0.3) is 6.08 Å². The summed E-state index contributed by atoms with van der Waals surface area (Å²) in [6, 6.07) is 0. The van der Waals surface area contributed by atoms with Crippen molar-refractivity contribution in [3.8, 4) is 0 Å². The normalized spacial score (nSPS) is 10.8. The second kappa shape index (κ2) is 7.69. The summed E-state index contributed by atoms with van der Waals surface area (Å²) in [7, 11) is 3.07. The Kier molecular flexibility index (Phi) is 6.24. The third-order valence-corrected chi connectivity index (χ3v) is 3.13. The Hall–Kier alpha value is -1.82. The minimum Gasteiger partial charge on any atom is -0.469 e. The third kappa shape index (κ3) is 4.70. The first-order chi connectivity index (χ1) is 9.45. The monoisotopic (exact) mass is 299 g/mol. The molecule has 1 aromatic rings. The lowest BCUT2D eigenvalue weighted by molar-refractivity contribution is -0.140. The van der Waals surface area contributed by atoms with Crippen molar-refractivity contribution in [1.29, 1.82) is 0 Å². The van der Waals surface area contributed by atoms with Gasteiger partial charge in [0.1, 0.15) is 5.15 Å². The zero-order valence-corrected chi connectivity index (χ0v) is 12.5. The van der Waals surface area contributed by atoms with Gasteiger partial charge in [0.05, 0.1) is 12.8 Å². The average molecular weight is 300 g/mol. The Balaban J connectivity index is 2.42. The van der Waals surface area contributed by atoms with Gasteiger partial charge in [-0.2, -0.15) is 5.10 Å². The lowest BCUT2D eigenvalue weighted by Gasteiger charge is -2.01. The number of ether oxygens (including phenoxy) is 1. The highest BCUT2D eigenvalue weighted by Crippen LogP contribution is 2.19. The van der Waals surface area contributed by atoms with Gasteiger partial charge >= 0.3 is 5.97 Å². The van der Waals surface area contributed by atoms with Crippen molar-refractivity contribution in [3.63, 3.8) is 0 Å². The minimum atomic E-state index is -0.285. The Morgan fingerprint density at radius 3 is 2.75 bits per heavy atom. The molecule has 0 bridgehead atoms. The molecule has 0 saturated heterocycles. The van der Waals surface area contributed by atoms with Crippen LogP contribution in [0.15, 0.2) is 6.08 Å². The fourth-order valence-electron chi connectivity index (χ4n) is 1.60. The maximum Gasteiger partial charge on any atom is 0.305 e. The summed E-state index contributed by atoms with van der Waals surface area (Å²) in [5, 5.41) is 7.30. The number of hydrogen-bond donors (Lipinski definition) is 1. The molecular weight excluding hydrogens is 282 g/mol. The van der Waals surface area contributed by atoms with Crippen LogP contribution < -0.4 is 5.32 Å². The molecule has 0 atom stereocenters. The van der Waals surface area contributed by atoms with Gasteiger partial charge in [0.25, 0.3) is 0 Å². The molecule has 0 radical (unpaired) electrons. The van der Waals surface area contributed by atoms with E-state index >= 15 is 0 Å². The summed E-state index contributed by atoms with van der Waals surface area (Å²) >= 11 is 6.04. The highest BCUT2D eigenvalue weighted by molar-refractivity contribution is 6.31. The topological polar surface area (TPSA) is 73.2 Å². The molecule has 0 aliphatic rings. The quantitative estimate of drug-likeness (QED) is 0.490. The van der Waals surface area contributed by atoms with Crippen molar-refractivity contribution < 1.29 is 14.3 Å². The molecule has 7 heteroatoms. The Labute approximate surface area is 122 Å². The summed E-state index contributed by atoms with van der Waals surface area (Å²) < 4.78 is 6.05. The van der Waals surface area contributed by atoms with Gasteiger partial charge in [-0.05, 0) is 19.4 Å². The number of halogens is 1. The number of amides is 1. The van der Waals surface area contributed by atoms with Crippen LogP contribution in [0.2, 0.25) is 5.15 Å². The molecule has 0 aliphatic heterocycles. The van der Waals surface area contributed by atoms with Crippen molar-refractivity contribution in [2.75, 3.05) is 13.7 Å². The van der Waals surface area contributed by atoms with Gasteiger partial charge in [-0.3, -0.25) is 14.3 Å². The van der Waals surface area contributed by atoms with Crippen LogP contribution in [-0.2, 0) is 21.4 Å². The van der Waals surface area contributed by atoms with Crippen molar-refractivity contribution in [1.82, 2.24) is 15.1 Å². The van der Waals surface area contributed by atoms with E-state index in [1.165, 1.54) is 13.2 Å². The van der Waals surface area contributed by atoms with E-state index in [0.29, 0.717) is 18.1 Å². The van der Waals surface area contributed by atoms with Crippen molar-refractivity contribution in [2.45, 2.75) is 19.8 Å². The van der Waals surface area contributed by atoms with E-state index in [4.69, 9.17) is 11.6 Å². The molecule has 1 aromatic heterocycles. The smallest absolute Gasteiger partial charge is 0.305 e. The maximum absolute atomic E-state index is 11.6. The van der Waals surface area contributed by atoms with Crippen LogP contribution in [-0.4, -0.2) is 35.3 Å². The van der Waals surface area contributed by atoms with E-state index in [9.17, 15) is 9.59 Å². The van der Waals surface area contributed by atoms with Gasteiger partial charge in [-0.25, -0.2) is 0 Å². The second-order valence-electron chi connectivity index (χ2n) is 4.22. The largest absolute Gasteiger partial charge is 0.469 e. The predicted molar refractivity (Wildman–Crippen MR) is 76.2 cm³/mol. The van der Waals surface area contributed by atoms with Crippen molar-refractivity contribution in [2.24, 2.45) is 7.05 Å². The number of nitrogens with zero attached hydrogens (tertiary/aromatic N) is 2. The molecule has 0 fully saturated rings. The van der Waals surface area contributed by atoms with Gasteiger partial charge in [0.15, 0.2) is 0 Å². The number of carbonyl (C=O) groups is 2. The van der Waals surface area contributed by atoms with Crippen LogP contribution in [0.3, 0.4) is 0 Å². The fourth-order valence-corrected chi connectivity index (χ4v) is 1.84. The zero-order chi connectivity index (χ0) is 15.1. The van der Waals surface area contributed by atoms with E-state index in [1.807, 2.05) is 6.92 Å². The van der Waals surface area contributed by atoms with Gasteiger partial charge in [0, 0.05) is 31.7 Å². The maximum atomic E-state index is 11.6. The first-order valence-electron chi connectivity index (χ1n) is 6.17. The lowest BCUT2D eigenvalue weighted by Crippen LogP contribution is -2.22. The van der Waals surface area contributed by atoms with E-state index in [-0.39, 0.29) is 18.3 Å². The number of aromatic nitrogens is 2. The number of aryl methyl sites for hydroxylation is 2. The summed E-state index contributed by atoms with van der Waals surface area (Å²) in [6.45, 7) is 2.23. The van der Waals surface area contributed by atoms with Crippen molar-refractivity contribution in [3.05, 3.63) is 22.5 Å². The Morgan fingerprint density at radius 2 is 2.20 bits per heavy atom. The number of esters is 1. The summed E-state index contributed by atoms with van der Waals surface area (Å²) in [5.74, 6) is -0.526. The molecule has 1 heterocycles. The van der Waals surface area contributed by atoms with E-state index in [2.05, 4.69) is 15.2 Å². The number of nitrogens with one attached hydrogen (secondary N) is 1. The molecular formula is C13H18ClN3O3. The molecule has 0 spiro atoms. The SMILES string of the molecule is COC(=O)CCCNC(=O)/C=C/c1c(C)nn(C)c1Cl. The molecule has 0 aromatic carbocycles. The van der Waals surface area contributed by atoms with Gasteiger partial charge < -0.3 is 10.1 Å². The fraction of sp³-hybridized carbons (Fsp3) is 0.462. The first kappa shape index (κ1) is 16.2. The first-order valence-corrected chi connectivity index (χ1v) is 6.55. The van der Waals surface area contributed by atoms with Crippen molar-refractivity contribution >= 4 is 29.6 Å². The summed E-state index contributed by atoms with van der Waals surface area (Å²) in [5.41, 5.74) is 1.48. The average Bonchev–Trinajstić information content (AvgIpc) is 2.66. The van der Waals surface area contributed by atoms with Crippen LogP contribution in [0.4, 0.5) is 0 Å². The number of hydrogen-bond acceptors (Lipinski definition) is 4. The lowest BCUT2D eigenvalue weighted by atomic mass is 10.2. The number of methoxy groups -OCH3 is 1. The highest BCUT2D eigenvalue weighted by atomic mass is 35.5. The standard InChI is InChI=1S/C13H18ClN3O3/c1-9-10(13(14)17(2)16-9)6-7-11(18)15-8-4-5-12(19)20-3/h6-7H,4-5,8H2,1-3H3,(H,15,18)/b7-6+.